The number of carbonyl (C=O) groups excluding carboxylic acids is 1. The molecule has 0 aliphatic carbocycles. The molecule has 0 fully saturated rings. The summed E-state index contributed by atoms with van der Waals surface area (Å²) in [6.07, 6.45) is 0.802. The average Bonchev–Trinajstić information content (AvgIpc) is 2.67. The largest absolute Gasteiger partial charge is 0.357 e. The van der Waals surface area contributed by atoms with Crippen LogP contribution in [0.3, 0.4) is 0 Å². The van der Waals surface area contributed by atoms with Crippen molar-refractivity contribution in [3.63, 3.8) is 0 Å². The lowest BCUT2D eigenvalue weighted by atomic mass is 10.1. The fourth-order valence-corrected chi connectivity index (χ4v) is 2.57. The molecule has 3 N–H and O–H groups in total. The Kier molecular flexibility index (Phi) is 7.96. The highest BCUT2D eigenvalue weighted by Gasteiger charge is 2.04. The van der Waals surface area contributed by atoms with Crippen LogP contribution in [-0.2, 0) is 13.0 Å². The number of hydrogen-bond acceptors (Lipinski definition) is 2. The molecule has 0 aliphatic rings. The first-order valence-electron chi connectivity index (χ1n) is 8.70. The number of hydrogen-bond donors (Lipinski definition) is 3. The molecule has 2 rings (SSSR count). The van der Waals surface area contributed by atoms with Crippen molar-refractivity contribution in [2.24, 2.45) is 4.99 Å². The molecule has 1 amide bonds. The van der Waals surface area contributed by atoms with Crippen molar-refractivity contribution in [3.05, 3.63) is 70.2 Å². The second-order valence-corrected chi connectivity index (χ2v) is 6.21. The summed E-state index contributed by atoms with van der Waals surface area (Å²) in [7, 11) is 1.64. The van der Waals surface area contributed by atoms with Gasteiger partial charge < -0.3 is 16.0 Å². The Bertz CT molecular complexity index is 744. The highest BCUT2D eigenvalue weighted by Crippen LogP contribution is 2.10. The number of carbonyl (C=O) groups is 1. The van der Waals surface area contributed by atoms with Crippen molar-refractivity contribution in [3.8, 4) is 0 Å². The minimum Gasteiger partial charge on any atom is -0.357 e. The van der Waals surface area contributed by atoms with E-state index in [1.54, 1.807) is 7.05 Å². The van der Waals surface area contributed by atoms with Crippen molar-refractivity contribution in [2.45, 2.75) is 19.9 Å². The number of benzene rings is 2. The van der Waals surface area contributed by atoms with Crippen LogP contribution in [-0.4, -0.2) is 32.0 Å². The molecular formula is C20H25ClN4O. The van der Waals surface area contributed by atoms with Gasteiger partial charge in [-0.25, -0.2) is 4.99 Å². The van der Waals surface area contributed by atoms with Crippen LogP contribution in [0.5, 0.6) is 0 Å². The number of aliphatic imine (C=N–C) groups is 1. The monoisotopic (exact) mass is 372 g/mol. The number of nitrogens with one attached hydrogen (secondary N) is 3. The highest BCUT2D eigenvalue weighted by atomic mass is 35.5. The van der Waals surface area contributed by atoms with E-state index < -0.39 is 0 Å². The van der Waals surface area contributed by atoms with E-state index in [-0.39, 0.29) is 5.91 Å². The van der Waals surface area contributed by atoms with Gasteiger partial charge in [-0.1, -0.05) is 35.9 Å². The molecule has 26 heavy (non-hydrogen) atoms. The molecule has 0 saturated carbocycles. The van der Waals surface area contributed by atoms with Crippen molar-refractivity contribution in [1.29, 1.82) is 0 Å². The van der Waals surface area contributed by atoms with E-state index in [4.69, 9.17) is 11.6 Å². The number of rotatable bonds is 7. The van der Waals surface area contributed by atoms with Crippen LogP contribution in [0.2, 0.25) is 5.02 Å². The number of nitrogens with zero attached hydrogens (tertiary/aromatic N) is 1. The molecule has 2 aromatic rings. The second-order valence-electron chi connectivity index (χ2n) is 5.78. The van der Waals surface area contributed by atoms with Gasteiger partial charge in [-0.3, -0.25) is 4.79 Å². The average molecular weight is 373 g/mol. The molecule has 0 bridgehead atoms. The van der Waals surface area contributed by atoms with Gasteiger partial charge in [-0.15, -0.1) is 0 Å². The lowest BCUT2D eigenvalue weighted by Crippen LogP contribution is -2.38. The molecule has 0 atom stereocenters. The second kappa shape index (κ2) is 10.5. The van der Waals surface area contributed by atoms with Crippen LogP contribution >= 0.6 is 11.6 Å². The summed E-state index contributed by atoms with van der Waals surface area (Å²) in [5, 5.41) is 9.93. The Hall–Kier alpha value is -2.53. The third-order valence-electron chi connectivity index (χ3n) is 3.80. The Morgan fingerprint density at radius 3 is 2.54 bits per heavy atom. The smallest absolute Gasteiger partial charge is 0.251 e. The number of halogens is 1. The van der Waals surface area contributed by atoms with E-state index in [9.17, 15) is 4.79 Å². The van der Waals surface area contributed by atoms with Crippen LogP contribution < -0.4 is 16.0 Å². The van der Waals surface area contributed by atoms with Crippen LogP contribution in [0.1, 0.15) is 28.4 Å². The van der Waals surface area contributed by atoms with Gasteiger partial charge in [-0.05, 0) is 48.7 Å². The van der Waals surface area contributed by atoms with E-state index in [1.165, 1.54) is 0 Å². The Labute approximate surface area is 159 Å². The molecule has 0 aliphatic heterocycles. The standard InChI is InChI=1S/C20H25ClN4O/c1-3-23-20(25-14-16-7-9-18(21)10-8-16)24-12-11-15-5-4-6-17(13-15)19(26)22-2/h4-10,13H,3,11-12,14H2,1-2H3,(H,22,26)(H2,23,24,25). The zero-order valence-electron chi connectivity index (χ0n) is 15.2. The van der Waals surface area contributed by atoms with Crippen molar-refractivity contribution >= 4 is 23.5 Å². The van der Waals surface area contributed by atoms with Gasteiger partial charge in [0.05, 0.1) is 6.54 Å². The van der Waals surface area contributed by atoms with Crippen molar-refractivity contribution < 1.29 is 4.79 Å². The zero-order chi connectivity index (χ0) is 18.8. The first-order valence-corrected chi connectivity index (χ1v) is 9.07. The van der Waals surface area contributed by atoms with Gasteiger partial charge in [0.25, 0.3) is 5.91 Å². The maximum absolute atomic E-state index is 11.7. The highest BCUT2D eigenvalue weighted by molar-refractivity contribution is 6.30. The molecular weight excluding hydrogens is 348 g/mol. The van der Waals surface area contributed by atoms with Crippen LogP contribution in [0.25, 0.3) is 0 Å². The summed E-state index contributed by atoms with van der Waals surface area (Å²) in [5.41, 5.74) is 2.88. The Balaban J connectivity index is 1.90. The van der Waals surface area contributed by atoms with Crippen molar-refractivity contribution in [2.75, 3.05) is 20.1 Å². The lowest BCUT2D eigenvalue weighted by molar-refractivity contribution is 0.0963. The zero-order valence-corrected chi connectivity index (χ0v) is 15.9. The minimum atomic E-state index is -0.0716. The Morgan fingerprint density at radius 1 is 1.08 bits per heavy atom. The number of amides is 1. The van der Waals surface area contributed by atoms with E-state index in [0.29, 0.717) is 12.1 Å². The summed E-state index contributed by atoms with van der Waals surface area (Å²) in [6.45, 7) is 4.13. The topological polar surface area (TPSA) is 65.5 Å². The first kappa shape index (κ1) is 19.8. The summed E-state index contributed by atoms with van der Waals surface area (Å²) >= 11 is 5.91. The summed E-state index contributed by atoms with van der Waals surface area (Å²) in [5.74, 6) is 0.697. The van der Waals surface area contributed by atoms with Gasteiger partial charge >= 0.3 is 0 Å². The minimum absolute atomic E-state index is 0.0716. The van der Waals surface area contributed by atoms with E-state index >= 15 is 0 Å². The first-order chi connectivity index (χ1) is 12.6. The SMILES string of the molecule is CCNC(=NCc1ccc(Cl)cc1)NCCc1cccc(C(=O)NC)c1. The van der Waals surface area contributed by atoms with E-state index in [2.05, 4.69) is 20.9 Å². The van der Waals surface area contributed by atoms with Crippen LogP contribution in [0, 0.1) is 0 Å². The van der Waals surface area contributed by atoms with Gasteiger partial charge in [-0.2, -0.15) is 0 Å². The molecule has 0 radical (unpaired) electrons. The maximum Gasteiger partial charge on any atom is 0.251 e. The molecule has 2 aromatic carbocycles. The fourth-order valence-electron chi connectivity index (χ4n) is 2.44. The summed E-state index contributed by atoms with van der Waals surface area (Å²) in [6, 6.07) is 15.3. The van der Waals surface area contributed by atoms with Gasteiger partial charge in [0.2, 0.25) is 0 Å². The fraction of sp³-hybridized carbons (Fsp3) is 0.300. The van der Waals surface area contributed by atoms with E-state index in [1.807, 2.05) is 55.5 Å². The normalized spacial score (nSPS) is 11.1. The van der Waals surface area contributed by atoms with Gasteiger partial charge in [0.15, 0.2) is 5.96 Å². The summed E-state index contributed by atoms with van der Waals surface area (Å²) in [4.78, 5) is 16.3. The molecule has 0 heterocycles. The molecule has 138 valence electrons. The van der Waals surface area contributed by atoms with E-state index in [0.717, 1.165) is 41.6 Å². The summed E-state index contributed by atoms with van der Waals surface area (Å²) < 4.78 is 0. The van der Waals surface area contributed by atoms with Gasteiger partial charge in [0, 0.05) is 30.7 Å². The molecule has 0 saturated heterocycles. The van der Waals surface area contributed by atoms with Crippen molar-refractivity contribution in [1.82, 2.24) is 16.0 Å². The third kappa shape index (κ3) is 6.41. The predicted molar refractivity (Wildman–Crippen MR) is 108 cm³/mol. The third-order valence-corrected chi connectivity index (χ3v) is 4.05. The number of guanidine groups is 1. The molecule has 0 aromatic heterocycles. The maximum atomic E-state index is 11.7. The molecule has 5 nitrogen and oxygen atoms in total. The molecule has 0 spiro atoms. The van der Waals surface area contributed by atoms with Crippen LogP contribution in [0.15, 0.2) is 53.5 Å². The predicted octanol–water partition coefficient (Wildman–Crippen LogP) is 3.00. The lowest BCUT2D eigenvalue weighted by Gasteiger charge is -2.12. The molecule has 6 heteroatoms. The van der Waals surface area contributed by atoms with Gasteiger partial charge in [0.1, 0.15) is 0 Å². The van der Waals surface area contributed by atoms with Crippen LogP contribution in [0.4, 0.5) is 0 Å². The quantitative estimate of drug-likeness (QED) is 0.517. The molecule has 0 unspecified atom stereocenters. The Morgan fingerprint density at radius 2 is 1.85 bits per heavy atom.